The number of aliphatic hydroxyl groups is 1. The molecule has 0 aliphatic carbocycles. The maximum absolute atomic E-state index is 12.0. The summed E-state index contributed by atoms with van der Waals surface area (Å²) in [6, 6.07) is 16.4. The van der Waals surface area contributed by atoms with Crippen molar-refractivity contribution in [1.82, 2.24) is 0 Å². The van der Waals surface area contributed by atoms with E-state index in [-0.39, 0.29) is 18.8 Å². The van der Waals surface area contributed by atoms with E-state index in [0.29, 0.717) is 10.6 Å². The van der Waals surface area contributed by atoms with E-state index < -0.39 is 0 Å². The average Bonchev–Trinajstić information content (AvgIpc) is 2.48. The zero-order valence-electron chi connectivity index (χ0n) is 10.9. The summed E-state index contributed by atoms with van der Waals surface area (Å²) in [5.74, 6) is -0.0235. The molecule has 0 fully saturated rings. The summed E-state index contributed by atoms with van der Waals surface area (Å²) < 4.78 is 0. The summed E-state index contributed by atoms with van der Waals surface area (Å²) in [7, 11) is 0. The molecule has 20 heavy (non-hydrogen) atoms. The molecule has 2 aromatic rings. The largest absolute Gasteiger partial charge is 0.392 e. The van der Waals surface area contributed by atoms with Crippen molar-refractivity contribution in [2.75, 3.05) is 5.32 Å². The number of thiocarbonyl (C=S) groups is 1. The molecule has 0 aliphatic rings. The molecule has 0 aromatic heterocycles. The van der Waals surface area contributed by atoms with Crippen LogP contribution in [-0.4, -0.2) is 15.9 Å². The van der Waals surface area contributed by atoms with E-state index in [4.69, 9.17) is 12.2 Å². The fourth-order valence-corrected chi connectivity index (χ4v) is 2.09. The second-order valence-corrected chi connectivity index (χ2v) is 4.82. The smallest absolute Gasteiger partial charge is 0.169 e. The number of ketones is 1. The van der Waals surface area contributed by atoms with Crippen LogP contribution in [-0.2, 0) is 6.61 Å². The number of rotatable bonds is 5. The molecule has 2 N–H and O–H groups in total. The highest BCUT2D eigenvalue weighted by atomic mass is 32.1. The molecule has 0 aliphatic heterocycles. The van der Waals surface area contributed by atoms with Crippen LogP contribution in [0.15, 0.2) is 54.6 Å². The van der Waals surface area contributed by atoms with Crippen LogP contribution in [0.1, 0.15) is 22.3 Å². The van der Waals surface area contributed by atoms with Crippen LogP contribution in [0.25, 0.3) is 0 Å². The van der Waals surface area contributed by atoms with Crippen LogP contribution in [0.3, 0.4) is 0 Å². The van der Waals surface area contributed by atoms with Crippen molar-refractivity contribution < 1.29 is 9.90 Å². The molecule has 0 atom stereocenters. The first-order chi connectivity index (χ1) is 9.70. The Morgan fingerprint density at radius 3 is 2.40 bits per heavy atom. The molecule has 0 radical (unpaired) electrons. The fraction of sp³-hybridized carbons (Fsp3) is 0.125. The van der Waals surface area contributed by atoms with Gasteiger partial charge >= 0.3 is 0 Å². The van der Waals surface area contributed by atoms with Gasteiger partial charge in [0.1, 0.15) is 0 Å². The summed E-state index contributed by atoms with van der Waals surface area (Å²) in [4.78, 5) is 12.5. The lowest BCUT2D eigenvalue weighted by molar-refractivity contribution is 0.100. The van der Waals surface area contributed by atoms with E-state index in [0.717, 1.165) is 11.3 Å². The first-order valence-corrected chi connectivity index (χ1v) is 6.68. The number of nitrogens with one attached hydrogen (secondary N) is 1. The Labute approximate surface area is 123 Å². The third-order valence-electron chi connectivity index (χ3n) is 2.88. The fourth-order valence-electron chi connectivity index (χ4n) is 1.85. The van der Waals surface area contributed by atoms with E-state index in [1.807, 2.05) is 42.5 Å². The molecule has 0 heterocycles. The van der Waals surface area contributed by atoms with Gasteiger partial charge < -0.3 is 10.4 Å². The van der Waals surface area contributed by atoms with E-state index in [2.05, 4.69) is 5.32 Å². The Morgan fingerprint density at radius 1 is 1.05 bits per heavy atom. The third kappa shape index (κ3) is 3.73. The minimum Gasteiger partial charge on any atom is -0.392 e. The maximum atomic E-state index is 12.0. The van der Waals surface area contributed by atoms with E-state index >= 15 is 0 Å². The van der Waals surface area contributed by atoms with Gasteiger partial charge in [0.05, 0.1) is 18.0 Å². The van der Waals surface area contributed by atoms with Crippen molar-refractivity contribution in [3.63, 3.8) is 0 Å². The Kier molecular flexibility index (Phi) is 4.98. The van der Waals surface area contributed by atoms with Crippen molar-refractivity contribution in [2.45, 2.75) is 13.0 Å². The molecular formula is C16H15NO2S. The van der Waals surface area contributed by atoms with Crippen LogP contribution >= 0.6 is 12.2 Å². The number of carbonyl (C=O) groups is 1. The molecule has 0 saturated heterocycles. The summed E-state index contributed by atoms with van der Waals surface area (Å²) in [6.07, 6.45) is 0.152. The van der Waals surface area contributed by atoms with Crippen molar-refractivity contribution in [3.05, 3.63) is 65.7 Å². The number of Topliss-reactive ketones (excluding diaryl/α,β-unsaturated/α-hetero) is 1. The molecule has 2 rings (SSSR count). The van der Waals surface area contributed by atoms with E-state index in [9.17, 15) is 9.90 Å². The quantitative estimate of drug-likeness (QED) is 0.654. The van der Waals surface area contributed by atoms with Gasteiger partial charge in [0, 0.05) is 16.8 Å². The van der Waals surface area contributed by atoms with Crippen LogP contribution in [0, 0.1) is 0 Å². The number of hydrogen-bond acceptors (Lipinski definition) is 3. The Morgan fingerprint density at radius 2 is 1.70 bits per heavy atom. The topological polar surface area (TPSA) is 49.3 Å². The highest BCUT2D eigenvalue weighted by Gasteiger charge is 2.09. The van der Waals surface area contributed by atoms with Crippen LogP contribution in [0.4, 0.5) is 5.69 Å². The third-order valence-corrected chi connectivity index (χ3v) is 3.13. The highest BCUT2D eigenvalue weighted by molar-refractivity contribution is 7.80. The molecule has 4 heteroatoms. The predicted molar refractivity (Wildman–Crippen MR) is 84.0 cm³/mol. The Hall–Kier alpha value is -2.04. The zero-order chi connectivity index (χ0) is 14.4. The number of hydrogen-bond donors (Lipinski definition) is 2. The standard InChI is InChI=1S/C16H15NO2S/c18-11-13-8-4-5-9-14(13)17-16(20)10-15(19)12-6-2-1-3-7-12/h1-9,18H,10-11H2,(H,17,20). The average molecular weight is 285 g/mol. The number of benzene rings is 2. The van der Waals surface area contributed by atoms with Gasteiger partial charge in [-0.15, -0.1) is 0 Å². The summed E-state index contributed by atoms with van der Waals surface area (Å²) in [5, 5.41) is 12.3. The monoisotopic (exact) mass is 285 g/mol. The van der Waals surface area contributed by atoms with Gasteiger partial charge in [-0.25, -0.2) is 0 Å². The highest BCUT2D eigenvalue weighted by Crippen LogP contribution is 2.16. The summed E-state index contributed by atoms with van der Waals surface area (Å²) in [6.45, 7) is -0.0710. The minimum atomic E-state index is -0.0710. The zero-order valence-corrected chi connectivity index (χ0v) is 11.7. The van der Waals surface area contributed by atoms with Gasteiger partial charge in [0.25, 0.3) is 0 Å². The minimum absolute atomic E-state index is 0.0235. The van der Waals surface area contributed by atoms with Gasteiger partial charge in [0.15, 0.2) is 5.78 Å². The lowest BCUT2D eigenvalue weighted by atomic mass is 10.1. The second-order valence-electron chi connectivity index (χ2n) is 4.33. The van der Waals surface area contributed by atoms with Crippen LogP contribution < -0.4 is 5.32 Å². The predicted octanol–water partition coefficient (Wildman–Crippen LogP) is 3.19. The van der Waals surface area contributed by atoms with E-state index in [1.165, 1.54) is 0 Å². The van der Waals surface area contributed by atoms with Crippen LogP contribution in [0.2, 0.25) is 0 Å². The molecule has 0 bridgehead atoms. The normalized spacial score (nSPS) is 10.1. The Bertz CT molecular complexity index is 611. The second kappa shape index (κ2) is 6.93. The summed E-state index contributed by atoms with van der Waals surface area (Å²) in [5.41, 5.74) is 2.13. The number of aliphatic hydroxyl groups excluding tert-OH is 1. The first-order valence-electron chi connectivity index (χ1n) is 6.27. The SMILES string of the molecule is O=C(CC(=S)Nc1ccccc1CO)c1ccccc1. The van der Waals surface area contributed by atoms with Gasteiger partial charge in [0.2, 0.25) is 0 Å². The molecule has 0 saturated carbocycles. The van der Waals surface area contributed by atoms with Crippen molar-refractivity contribution in [1.29, 1.82) is 0 Å². The van der Waals surface area contributed by atoms with Gasteiger partial charge in [-0.2, -0.15) is 0 Å². The van der Waals surface area contributed by atoms with Gasteiger partial charge in [-0.1, -0.05) is 60.7 Å². The molecule has 102 valence electrons. The number of carbonyl (C=O) groups excluding carboxylic acids is 1. The molecule has 0 spiro atoms. The first kappa shape index (κ1) is 14.4. The van der Waals surface area contributed by atoms with Gasteiger partial charge in [-0.3, -0.25) is 4.79 Å². The number of anilines is 1. The van der Waals surface area contributed by atoms with Crippen LogP contribution in [0.5, 0.6) is 0 Å². The van der Waals surface area contributed by atoms with Crippen molar-refractivity contribution in [3.8, 4) is 0 Å². The Balaban J connectivity index is 2.01. The molecule has 0 unspecified atom stereocenters. The molecule has 0 amide bonds. The summed E-state index contributed by atoms with van der Waals surface area (Å²) >= 11 is 5.21. The molecular weight excluding hydrogens is 270 g/mol. The van der Waals surface area contributed by atoms with E-state index in [1.54, 1.807) is 12.1 Å². The maximum Gasteiger partial charge on any atom is 0.169 e. The lowest BCUT2D eigenvalue weighted by Crippen LogP contribution is -2.15. The molecule has 2 aromatic carbocycles. The number of para-hydroxylation sites is 1. The van der Waals surface area contributed by atoms with Crippen molar-refractivity contribution >= 4 is 28.7 Å². The molecule has 3 nitrogen and oxygen atoms in total. The van der Waals surface area contributed by atoms with Crippen molar-refractivity contribution in [2.24, 2.45) is 0 Å². The van der Waals surface area contributed by atoms with Gasteiger partial charge in [-0.05, 0) is 6.07 Å². The lowest BCUT2D eigenvalue weighted by Gasteiger charge is -2.11.